The van der Waals surface area contributed by atoms with Gasteiger partial charge in [0.2, 0.25) is 5.95 Å². The molecule has 38 heavy (non-hydrogen) atoms. The number of aromatic nitrogens is 3. The van der Waals surface area contributed by atoms with E-state index in [0.29, 0.717) is 26.8 Å². The number of thiophene rings is 1. The zero-order valence-corrected chi connectivity index (χ0v) is 21.7. The molecule has 0 radical (unpaired) electrons. The Hall–Kier alpha value is -4.50. The predicted molar refractivity (Wildman–Crippen MR) is 148 cm³/mol. The van der Waals surface area contributed by atoms with Gasteiger partial charge in [-0.15, -0.1) is 11.3 Å². The molecule has 0 amide bonds. The summed E-state index contributed by atoms with van der Waals surface area (Å²) in [4.78, 5) is 24.6. The molecule has 5 rings (SSSR count). The molecule has 0 saturated carbocycles. The minimum Gasteiger partial charge on any atom is -0.326 e. The highest BCUT2D eigenvalue weighted by Crippen LogP contribution is 2.31. The van der Waals surface area contributed by atoms with Crippen LogP contribution in [0.15, 0.2) is 94.1 Å². The Morgan fingerprint density at radius 2 is 1.79 bits per heavy atom. The Kier molecular flexibility index (Phi) is 6.93. The largest absolute Gasteiger partial charge is 0.326 e. The molecule has 3 aromatic heterocycles. The normalized spacial score (nSPS) is 11.1. The number of H-pyrrole nitrogens is 1. The molecule has 0 spiro atoms. The SMILES string of the molecule is N#Cc1c(-c2cccc(NS(=O)(=O)c3ccc(-c4ccccn4)s3)c2)nc(Nc2ccc(Cl)cc2)[nH]c1=O. The third-order valence-corrected chi connectivity index (χ3v) is 8.52. The van der Waals surface area contributed by atoms with Gasteiger partial charge in [0.25, 0.3) is 15.6 Å². The average Bonchev–Trinajstić information content (AvgIpc) is 3.42. The van der Waals surface area contributed by atoms with E-state index >= 15 is 0 Å². The topological polar surface area (TPSA) is 141 Å². The number of sulfonamides is 1. The fraction of sp³-hybridized carbons (Fsp3) is 0. The fourth-order valence-corrected chi connectivity index (χ4v) is 6.02. The summed E-state index contributed by atoms with van der Waals surface area (Å²) < 4.78 is 28.9. The first-order chi connectivity index (χ1) is 18.3. The molecule has 0 bridgehead atoms. The summed E-state index contributed by atoms with van der Waals surface area (Å²) in [6.07, 6.45) is 1.64. The van der Waals surface area contributed by atoms with E-state index in [-0.39, 0.29) is 27.1 Å². The van der Waals surface area contributed by atoms with E-state index in [4.69, 9.17) is 11.6 Å². The van der Waals surface area contributed by atoms with Crippen LogP contribution in [-0.2, 0) is 10.0 Å². The van der Waals surface area contributed by atoms with E-state index in [2.05, 4.69) is 25.0 Å². The van der Waals surface area contributed by atoms with Crippen molar-refractivity contribution in [3.63, 3.8) is 0 Å². The van der Waals surface area contributed by atoms with Crippen LogP contribution in [0.1, 0.15) is 5.56 Å². The van der Waals surface area contributed by atoms with Crippen molar-refractivity contribution in [1.82, 2.24) is 15.0 Å². The van der Waals surface area contributed by atoms with Gasteiger partial charge in [0.15, 0.2) is 0 Å². The molecule has 0 fully saturated rings. The molecule has 5 aromatic rings. The molecule has 3 N–H and O–H groups in total. The summed E-state index contributed by atoms with van der Waals surface area (Å²) in [7, 11) is -3.91. The highest BCUT2D eigenvalue weighted by Gasteiger charge is 2.19. The maximum absolute atomic E-state index is 13.1. The Morgan fingerprint density at radius 1 is 0.974 bits per heavy atom. The second-order valence-electron chi connectivity index (χ2n) is 7.90. The number of nitrogens with zero attached hydrogens (tertiary/aromatic N) is 3. The Labute approximate surface area is 226 Å². The molecular formula is C26H17ClN6O3S2. The van der Waals surface area contributed by atoms with Crippen molar-refractivity contribution >= 4 is 50.3 Å². The van der Waals surface area contributed by atoms with Crippen LogP contribution >= 0.6 is 22.9 Å². The Morgan fingerprint density at radius 3 is 2.53 bits per heavy atom. The van der Waals surface area contributed by atoms with Gasteiger partial charge in [-0.3, -0.25) is 19.5 Å². The van der Waals surface area contributed by atoms with Crippen molar-refractivity contribution < 1.29 is 8.42 Å². The smallest absolute Gasteiger partial charge is 0.271 e. The summed E-state index contributed by atoms with van der Waals surface area (Å²) in [5.41, 5.74) is 1.18. The van der Waals surface area contributed by atoms with Crippen molar-refractivity contribution in [2.45, 2.75) is 4.21 Å². The van der Waals surface area contributed by atoms with Crippen LogP contribution in [0, 0.1) is 11.3 Å². The number of hydrogen-bond acceptors (Lipinski definition) is 8. The summed E-state index contributed by atoms with van der Waals surface area (Å²) in [5, 5.41) is 13.1. The molecule has 188 valence electrons. The number of benzene rings is 2. The average molecular weight is 561 g/mol. The van der Waals surface area contributed by atoms with Crippen LogP contribution in [0.5, 0.6) is 0 Å². The van der Waals surface area contributed by atoms with Gasteiger partial charge in [-0.2, -0.15) is 5.26 Å². The van der Waals surface area contributed by atoms with Crippen molar-refractivity contribution in [3.8, 4) is 27.9 Å². The molecule has 0 saturated heterocycles. The van der Waals surface area contributed by atoms with E-state index < -0.39 is 15.6 Å². The van der Waals surface area contributed by atoms with E-state index in [0.717, 1.165) is 11.3 Å². The van der Waals surface area contributed by atoms with Crippen LogP contribution in [0.2, 0.25) is 5.02 Å². The summed E-state index contributed by atoms with van der Waals surface area (Å²) >= 11 is 7.02. The van der Waals surface area contributed by atoms with Gasteiger partial charge in [0, 0.05) is 28.2 Å². The van der Waals surface area contributed by atoms with Crippen LogP contribution in [0.3, 0.4) is 0 Å². The number of nitrogens with one attached hydrogen (secondary N) is 3. The van der Waals surface area contributed by atoms with Crippen molar-refractivity contribution in [2.24, 2.45) is 0 Å². The molecule has 0 atom stereocenters. The standard InChI is InChI=1S/C26H17ClN6O3S2/c27-17-7-9-18(10-8-17)30-26-31-24(20(15-28)25(34)32-26)16-4-3-5-19(14-16)33-38(35,36)23-12-11-22(37-23)21-6-1-2-13-29-21/h1-14,33H,(H2,30,31,32,34). The Bertz CT molecular complexity index is 1830. The van der Waals surface area contributed by atoms with Crippen molar-refractivity contribution in [2.75, 3.05) is 10.0 Å². The van der Waals surface area contributed by atoms with Crippen LogP contribution in [0.25, 0.3) is 21.8 Å². The maximum atomic E-state index is 13.1. The van der Waals surface area contributed by atoms with Crippen LogP contribution in [0.4, 0.5) is 17.3 Å². The molecule has 0 aliphatic heterocycles. The highest BCUT2D eigenvalue weighted by atomic mass is 35.5. The molecule has 0 unspecified atom stereocenters. The van der Waals surface area contributed by atoms with Gasteiger partial charge in [-0.25, -0.2) is 13.4 Å². The molecule has 2 aromatic carbocycles. The van der Waals surface area contributed by atoms with E-state index in [1.165, 1.54) is 12.1 Å². The highest BCUT2D eigenvalue weighted by molar-refractivity contribution is 7.94. The lowest BCUT2D eigenvalue weighted by molar-refractivity contribution is 0.603. The third kappa shape index (κ3) is 5.42. The fourth-order valence-electron chi connectivity index (χ4n) is 3.56. The molecule has 12 heteroatoms. The summed E-state index contributed by atoms with van der Waals surface area (Å²) in [5.74, 6) is 0.109. The molecule has 0 aliphatic rings. The summed E-state index contributed by atoms with van der Waals surface area (Å²) in [6, 6.07) is 23.6. The predicted octanol–water partition coefficient (Wildman–Crippen LogP) is 5.63. The van der Waals surface area contributed by atoms with Crippen LogP contribution < -0.4 is 15.6 Å². The van der Waals surface area contributed by atoms with Gasteiger partial charge >= 0.3 is 0 Å². The number of pyridine rings is 1. The zero-order chi connectivity index (χ0) is 26.7. The quantitative estimate of drug-likeness (QED) is 0.234. The monoisotopic (exact) mass is 560 g/mol. The summed E-state index contributed by atoms with van der Waals surface area (Å²) in [6.45, 7) is 0. The second-order valence-corrected chi connectivity index (χ2v) is 11.3. The van der Waals surface area contributed by atoms with E-state index in [1.54, 1.807) is 66.9 Å². The Balaban J connectivity index is 1.45. The third-order valence-electron chi connectivity index (χ3n) is 5.29. The minimum atomic E-state index is -3.91. The molecule has 3 heterocycles. The molecule has 9 nitrogen and oxygen atoms in total. The molecular weight excluding hydrogens is 544 g/mol. The van der Waals surface area contributed by atoms with Gasteiger partial charge in [-0.1, -0.05) is 29.8 Å². The number of halogens is 1. The van der Waals surface area contributed by atoms with Crippen molar-refractivity contribution in [1.29, 1.82) is 5.26 Å². The first-order valence-electron chi connectivity index (χ1n) is 11.0. The number of hydrogen-bond donors (Lipinski definition) is 3. The lowest BCUT2D eigenvalue weighted by Gasteiger charge is -2.11. The lowest BCUT2D eigenvalue weighted by atomic mass is 10.1. The van der Waals surface area contributed by atoms with Gasteiger partial charge in [0.05, 0.1) is 16.3 Å². The van der Waals surface area contributed by atoms with Gasteiger partial charge < -0.3 is 5.32 Å². The zero-order valence-electron chi connectivity index (χ0n) is 19.3. The van der Waals surface area contributed by atoms with Crippen molar-refractivity contribution in [3.05, 3.63) is 106 Å². The van der Waals surface area contributed by atoms with Crippen LogP contribution in [-0.4, -0.2) is 23.4 Å². The number of rotatable bonds is 7. The number of nitriles is 1. The lowest BCUT2D eigenvalue weighted by Crippen LogP contribution is -2.16. The minimum absolute atomic E-state index is 0.0994. The van der Waals surface area contributed by atoms with E-state index in [9.17, 15) is 18.5 Å². The van der Waals surface area contributed by atoms with Gasteiger partial charge in [-0.05, 0) is 60.7 Å². The number of aromatic amines is 1. The maximum Gasteiger partial charge on any atom is 0.271 e. The number of anilines is 3. The van der Waals surface area contributed by atoms with Gasteiger partial charge in [0.1, 0.15) is 15.8 Å². The second kappa shape index (κ2) is 10.5. The first kappa shape index (κ1) is 25.2. The first-order valence-corrected chi connectivity index (χ1v) is 13.7. The van der Waals surface area contributed by atoms with E-state index in [1.807, 2.05) is 12.1 Å². The molecule has 0 aliphatic carbocycles.